The Labute approximate surface area is 142 Å². The molecule has 1 aliphatic heterocycles. The number of rotatable bonds is 4. The van der Waals surface area contributed by atoms with E-state index in [0.29, 0.717) is 35.3 Å². The average Bonchev–Trinajstić information content (AvgIpc) is 2.86. The number of hydrogen-bond donors (Lipinski definition) is 1. The van der Waals surface area contributed by atoms with Gasteiger partial charge in [-0.1, -0.05) is 0 Å². The van der Waals surface area contributed by atoms with Crippen molar-refractivity contribution in [3.8, 4) is 5.88 Å². The molecule has 23 heavy (non-hydrogen) atoms. The summed E-state index contributed by atoms with van der Waals surface area (Å²) in [5.41, 5.74) is 3.66. The van der Waals surface area contributed by atoms with Gasteiger partial charge in [-0.05, 0) is 37.1 Å². The van der Waals surface area contributed by atoms with E-state index in [1.54, 1.807) is 7.11 Å². The van der Waals surface area contributed by atoms with Gasteiger partial charge in [-0.15, -0.1) is 0 Å². The number of ether oxygens (including phenoxy) is 1. The Morgan fingerprint density at radius 3 is 2.87 bits per heavy atom. The Morgan fingerprint density at radius 2 is 2.13 bits per heavy atom. The summed E-state index contributed by atoms with van der Waals surface area (Å²) in [6.07, 6.45) is 0.660. The molecule has 0 radical (unpaired) electrons. The summed E-state index contributed by atoms with van der Waals surface area (Å²) in [5, 5.41) is 3.38. The van der Waals surface area contributed by atoms with E-state index >= 15 is 0 Å². The number of anilines is 1. The summed E-state index contributed by atoms with van der Waals surface area (Å²) in [6, 6.07) is 2.00. The first kappa shape index (κ1) is 16.1. The molecule has 0 saturated heterocycles. The fourth-order valence-electron chi connectivity index (χ4n) is 2.67. The van der Waals surface area contributed by atoms with E-state index < -0.39 is 10.8 Å². The van der Waals surface area contributed by atoms with Gasteiger partial charge in [0.15, 0.2) is 0 Å². The first-order valence-corrected chi connectivity index (χ1v) is 8.89. The van der Waals surface area contributed by atoms with Gasteiger partial charge in [0.05, 0.1) is 23.6 Å². The van der Waals surface area contributed by atoms with Crippen LogP contribution in [0.2, 0.25) is 5.28 Å². The van der Waals surface area contributed by atoms with Gasteiger partial charge >= 0.3 is 0 Å². The number of nitrogens with zero attached hydrogens (tertiary/aromatic N) is 3. The van der Waals surface area contributed by atoms with Crippen molar-refractivity contribution in [3.05, 3.63) is 33.9 Å². The molecule has 0 amide bonds. The zero-order chi connectivity index (χ0) is 16.6. The molecule has 122 valence electrons. The molecule has 1 N–H and O–H groups in total. The van der Waals surface area contributed by atoms with Crippen LogP contribution in [-0.4, -0.2) is 32.0 Å². The number of halogens is 1. The Balaban J connectivity index is 1.92. The van der Waals surface area contributed by atoms with E-state index in [0.717, 1.165) is 22.5 Å². The minimum Gasteiger partial charge on any atom is -0.481 e. The van der Waals surface area contributed by atoms with Crippen LogP contribution < -0.4 is 10.1 Å². The van der Waals surface area contributed by atoms with E-state index in [1.807, 2.05) is 19.9 Å². The summed E-state index contributed by atoms with van der Waals surface area (Å²) in [4.78, 5) is 13.4. The van der Waals surface area contributed by atoms with E-state index in [-0.39, 0.29) is 5.28 Å². The largest absolute Gasteiger partial charge is 0.481 e. The summed E-state index contributed by atoms with van der Waals surface area (Å²) in [5.74, 6) is 1.67. The van der Waals surface area contributed by atoms with Crippen molar-refractivity contribution in [1.29, 1.82) is 0 Å². The highest BCUT2D eigenvalue weighted by Crippen LogP contribution is 2.30. The number of aryl methyl sites for hydroxylation is 3. The Bertz CT molecular complexity index is 798. The molecule has 3 heterocycles. The lowest BCUT2D eigenvalue weighted by atomic mass is 10.1. The molecule has 2 aromatic rings. The number of hydrogen-bond acceptors (Lipinski definition) is 6. The second-order valence-electron chi connectivity index (χ2n) is 5.34. The first-order chi connectivity index (χ1) is 11.0. The third-order valence-electron chi connectivity index (χ3n) is 3.72. The van der Waals surface area contributed by atoms with Crippen molar-refractivity contribution >= 4 is 28.2 Å². The van der Waals surface area contributed by atoms with Gasteiger partial charge in [0.1, 0.15) is 10.7 Å². The van der Waals surface area contributed by atoms with E-state index in [1.165, 1.54) is 0 Å². The minimum absolute atomic E-state index is 0.163. The number of pyridine rings is 1. The monoisotopic (exact) mass is 352 g/mol. The fourth-order valence-corrected chi connectivity index (χ4v) is 4.19. The molecule has 0 bridgehead atoms. The van der Waals surface area contributed by atoms with Crippen LogP contribution in [0, 0.1) is 13.8 Å². The third kappa shape index (κ3) is 3.16. The van der Waals surface area contributed by atoms with Gasteiger partial charge in [0.2, 0.25) is 11.2 Å². The third-order valence-corrected chi connectivity index (χ3v) is 5.35. The Hall–Kier alpha value is -1.73. The van der Waals surface area contributed by atoms with Crippen molar-refractivity contribution in [2.24, 2.45) is 0 Å². The van der Waals surface area contributed by atoms with Gasteiger partial charge in [0.25, 0.3) is 0 Å². The van der Waals surface area contributed by atoms with Crippen LogP contribution in [0.1, 0.15) is 22.5 Å². The summed E-state index contributed by atoms with van der Waals surface area (Å²) >= 11 is 5.97. The lowest BCUT2D eigenvalue weighted by Gasteiger charge is -2.14. The van der Waals surface area contributed by atoms with Gasteiger partial charge < -0.3 is 10.1 Å². The molecule has 1 aliphatic rings. The molecule has 0 spiro atoms. The van der Waals surface area contributed by atoms with Crippen molar-refractivity contribution < 1.29 is 8.95 Å². The van der Waals surface area contributed by atoms with Crippen LogP contribution in [0.3, 0.4) is 0 Å². The van der Waals surface area contributed by atoms with Crippen molar-refractivity contribution in [2.45, 2.75) is 31.7 Å². The number of aromatic nitrogens is 3. The quantitative estimate of drug-likeness (QED) is 0.851. The minimum atomic E-state index is -1.08. The molecular formula is C15H17ClN4O2S. The smallest absolute Gasteiger partial charge is 0.224 e. The van der Waals surface area contributed by atoms with Crippen molar-refractivity contribution in [2.75, 3.05) is 18.2 Å². The predicted octanol–water partition coefficient (Wildman–Crippen LogP) is 2.43. The SMILES string of the molecule is COc1nc(C)cc(C)c1CNc1nc(Cl)nc2c1[S@](=O)CC2. The van der Waals surface area contributed by atoms with E-state index in [9.17, 15) is 4.21 Å². The predicted molar refractivity (Wildman–Crippen MR) is 89.6 cm³/mol. The lowest BCUT2D eigenvalue weighted by molar-refractivity contribution is 0.391. The highest BCUT2D eigenvalue weighted by Gasteiger charge is 2.25. The average molecular weight is 353 g/mol. The van der Waals surface area contributed by atoms with Crippen molar-refractivity contribution in [3.63, 3.8) is 0 Å². The van der Waals surface area contributed by atoms with E-state index in [4.69, 9.17) is 16.3 Å². The summed E-state index contributed by atoms with van der Waals surface area (Å²) in [7, 11) is 0.512. The molecular weight excluding hydrogens is 336 g/mol. The summed E-state index contributed by atoms with van der Waals surface area (Å²) < 4.78 is 17.5. The molecule has 0 aromatic carbocycles. The molecule has 0 saturated carbocycles. The van der Waals surface area contributed by atoms with Crippen LogP contribution in [0.5, 0.6) is 5.88 Å². The Kier molecular flexibility index (Phi) is 4.50. The van der Waals surface area contributed by atoms with Gasteiger partial charge in [0, 0.05) is 30.0 Å². The highest BCUT2D eigenvalue weighted by atomic mass is 35.5. The number of nitrogens with one attached hydrogen (secondary N) is 1. The number of fused-ring (bicyclic) bond motifs is 1. The maximum Gasteiger partial charge on any atom is 0.224 e. The second-order valence-corrected chi connectivity index (χ2v) is 7.18. The van der Waals surface area contributed by atoms with Crippen LogP contribution in [-0.2, 0) is 23.8 Å². The lowest BCUT2D eigenvalue weighted by Crippen LogP contribution is -2.10. The summed E-state index contributed by atoms with van der Waals surface area (Å²) in [6.45, 7) is 4.38. The van der Waals surface area contributed by atoms with Crippen LogP contribution >= 0.6 is 11.6 Å². The van der Waals surface area contributed by atoms with Gasteiger partial charge in [-0.3, -0.25) is 4.21 Å². The van der Waals surface area contributed by atoms with Crippen LogP contribution in [0.25, 0.3) is 0 Å². The molecule has 0 fully saturated rings. The fraction of sp³-hybridized carbons (Fsp3) is 0.400. The van der Waals surface area contributed by atoms with Gasteiger partial charge in [-0.25, -0.2) is 9.97 Å². The van der Waals surface area contributed by atoms with E-state index in [2.05, 4.69) is 20.3 Å². The molecule has 0 unspecified atom stereocenters. The Morgan fingerprint density at radius 1 is 1.35 bits per heavy atom. The van der Waals surface area contributed by atoms with Crippen molar-refractivity contribution in [1.82, 2.24) is 15.0 Å². The molecule has 1 atom stereocenters. The molecule has 3 rings (SSSR count). The molecule has 8 heteroatoms. The zero-order valence-corrected chi connectivity index (χ0v) is 14.7. The normalized spacial score (nSPS) is 16.3. The molecule has 0 aliphatic carbocycles. The first-order valence-electron chi connectivity index (χ1n) is 7.19. The maximum atomic E-state index is 12.2. The molecule has 2 aromatic heterocycles. The second kappa shape index (κ2) is 6.41. The maximum absolute atomic E-state index is 12.2. The van der Waals surface area contributed by atoms with Crippen LogP contribution in [0.15, 0.2) is 11.0 Å². The van der Waals surface area contributed by atoms with Gasteiger partial charge in [-0.2, -0.15) is 4.98 Å². The standard InChI is InChI=1S/C15H17ClN4O2S/c1-8-6-9(2)18-14(22-3)10(8)7-17-13-12-11(4-5-23(12)21)19-15(16)20-13/h6H,4-5,7H2,1-3H3,(H,17,19,20)/t23-/m1/s1. The van der Waals surface area contributed by atoms with Crippen LogP contribution in [0.4, 0.5) is 5.82 Å². The topological polar surface area (TPSA) is 77.0 Å². The number of methoxy groups -OCH3 is 1. The molecule has 6 nitrogen and oxygen atoms in total. The highest BCUT2D eigenvalue weighted by molar-refractivity contribution is 7.85. The zero-order valence-electron chi connectivity index (χ0n) is 13.1.